The Morgan fingerprint density at radius 2 is 1.94 bits per heavy atom. The fourth-order valence-electron chi connectivity index (χ4n) is 4.00. The highest BCUT2D eigenvalue weighted by Gasteiger charge is 2.18. The number of aromatic amines is 1. The third-order valence-corrected chi connectivity index (χ3v) is 5.66. The Labute approximate surface area is 195 Å². The topological polar surface area (TPSA) is 92.8 Å². The van der Waals surface area contributed by atoms with Crippen molar-refractivity contribution in [2.24, 2.45) is 0 Å². The molecular weight excluding hydrogens is 433 g/mol. The van der Waals surface area contributed by atoms with Crippen molar-refractivity contribution in [1.82, 2.24) is 25.3 Å². The van der Waals surface area contributed by atoms with Gasteiger partial charge in [0.25, 0.3) is 5.91 Å². The number of rotatable bonds is 7. The molecule has 1 aromatic carbocycles. The number of ether oxygens (including phenoxy) is 1. The van der Waals surface area contributed by atoms with Crippen LogP contribution in [0.3, 0.4) is 0 Å². The number of carbonyl (C=O) groups is 1. The molecule has 0 radical (unpaired) electrons. The molecule has 170 valence electrons. The lowest BCUT2D eigenvalue weighted by Gasteiger charge is -2.09. The molecule has 5 rings (SSSR count). The number of amides is 1. The Bertz CT molecular complexity index is 1470. The molecule has 0 saturated heterocycles. The van der Waals surface area contributed by atoms with E-state index >= 15 is 4.39 Å². The second-order valence-electron chi connectivity index (χ2n) is 7.87. The molecule has 5 aromatic rings. The van der Waals surface area contributed by atoms with Gasteiger partial charge in [0.15, 0.2) is 0 Å². The molecule has 0 aliphatic heterocycles. The summed E-state index contributed by atoms with van der Waals surface area (Å²) in [6, 6.07) is 12.6. The van der Waals surface area contributed by atoms with Crippen molar-refractivity contribution in [1.29, 1.82) is 0 Å². The van der Waals surface area contributed by atoms with E-state index in [0.29, 0.717) is 40.9 Å². The average molecular weight is 455 g/mol. The molecule has 8 heteroatoms. The number of nitrogens with one attached hydrogen (secondary N) is 2. The van der Waals surface area contributed by atoms with E-state index in [0.717, 1.165) is 28.6 Å². The van der Waals surface area contributed by atoms with Crippen LogP contribution in [0.4, 0.5) is 4.39 Å². The van der Waals surface area contributed by atoms with E-state index < -0.39 is 5.82 Å². The van der Waals surface area contributed by atoms with Gasteiger partial charge in [0.1, 0.15) is 11.5 Å². The van der Waals surface area contributed by atoms with E-state index in [2.05, 4.69) is 25.3 Å². The molecule has 7 nitrogen and oxygen atoms in total. The quantitative estimate of drug-likeness (QED) is 0.346. The molecule has 0 atom stereocenters. The van der Waals surface area contributed by atoms with Crippen LogP contribution in [0.2, 0.25) is 0 Å². The lowest BCUT2D eigenvalue weighted by atomic mass is 9.99. The first-order valence-electron chi connectivity index (χ1n) is 10.9. The lowest BCUT2D eigenvalue weighted by molar-refractivity contribution is 0.0948. The first-order chi connectivity index (χ1) is 16.7. The molecule has 4 heterocycles. The highest BCUT2D eigenvalue weighted by Crippen LogP contribution is 2.36. The van der Waals surface area contributed by atoms with Gasteiger partial charge in [0.05, 0.1) is 23.6 Å². The minimum atomic E-state index is -0.440. The van der Waals surface area contributed by atoms with Crippen molar-refractivity contribution in [2.75, 3.05) is 20.3 Å². The van der Waals surface area contributed by atoms with Gasteiger partial charge in [-0.15, -0.1) is 0 Å². The van der Waals surface area contributed by atoms with Crippen molar-refractivity contribution in [2.45, 2.75) is 6.42 Å². The third kappa shape index (κ3) is 4.11. The van der Waals surface area contributed by atoms with Crippen LogP contribution in [0.15, 0.2) is 67.3 Å². The van der Waals surface area contributed by atoms with Gasteiger partial charge in [-0.05, 0) is 42.3 Å². The van der Waals surface area contributed by atoms with Crippen LogP contribution in [0.25, 0.3) is 44.3 Å². The van der Waals surface area contributed by atoms with E-state index in [-0.39, 0.29) is 5.91 Å². The minimum Gasteiger partial charge on any atom is -0.385 e. The van der Waals surface area contributed by atoms with E-state index in [9.17, 15) is 4.79 Å². The number of H-pyrrole nitrogens is 1. The molecule has 4 aromatic heterocycles. The molecule has 0 saturated carbocycles. The molecule has 0 unspecified atom stereocenters. The molecule has 0 aliphatic carbocycles. The number of fused-ring (bicyclic) bond motifs is 3. The number of nitrogens with zero attached hydrogens (tertiary/aromatic N) is 3. The maximum absolute atomic E-state index is 15.1. The Morgan fingerprint density at radius 1 is 1.09 bits per heavy atom. The molecule has 2 N–H and O–H groups in total. The average Bonchev–Trinajstić information content (AvgIpc) is 3.25. The third-order valence-electron chi connectivity index (χ3n) is 5.66. The summed E-state index contributed by atoms with van der Waals surface area (Å²) in [5.74, 6) is -0.618. The number of benzene rings is 1. The standard InChI is InChI=1S/C26H22FN5O2/c1-34-11-3-10-29-26(33)17-7-5-16(6-8-17)23-20(27)14-31-25-24(23)19-12-21(30-15-22(19)32-25)18-4-2-9-28-13-18/h2,4-9,12-15H,3,10-11H2,1H3,(H,29,33)(H,31,32). The Balaban J connectivity index is 1.55. The SMILES string of the molecule is COCCCNC(=O)c1ccc(-c2c(F)cnc3[nH]c4cnc(-c5cccnc5)cc4c23)cc1. The molecule has 34 heavy (non-hydrogen) atoms. The second-order valence-corrected chi connectivity index (χ2v) is 7.87. The Kier molecular flexibility index (Phi) is 5.97. The zero-order valence-electron chi connectivity index (χ0n) is 18.5. The summed E-state index contributed by atoms with van der Waals surface area (Å²) in [5, 5.41) is 4.33. The van der Waals surface area contributed by atoms with Crippen LogP contribution in [-0.4, -0.2) is 46.1 Å². The molecule has 1 amide bonds. The van der Waals surface area contributed by atoms with Crippen molar-refractivity contribution >= 4 is 27.8 Å². The summed E-state index contributed by atoms with van der Waals surface area (Å²) >= 11 is 0. The fraction of sp³-hybridized carbons (Fsp3) is 0.154. The van der Waals surface area contributed by atoms with Crippen molar-refractivity contribution in [3.63, 3.8) is 0 Å². The van der Waals surface area contributed by atoms with Crippen LogP contribution >= 0.6 is 0 Å². The van der Waals surface area contributed by atoms with Crippen molar-refractivity contribution < 1.29 is 13.9 Å². The number of hydrogen-bond acceptors (Lipinski definition) is 5. The summed E-state index contributed by atoms with van der Waals surface area (Å²) < 4.78 is 20.1. The smallest absolute Gasteiger partial charge is 0.251 e. The van der Waals surface area contributed by atoms with Gasteiger partial charge >= 0.3 is 0 Å². The summed E-state index contributed by atoms with van der Waals surface area (Å²) in [6.07, 6.45) is 7.10. The highest BCUT2D eigenvalue weighted by molar-refractivity contribution is 6.13. The number of pyridine rings is 3. The lowest BCUT2D eigenvalue weighted by Crippen LogP contribution is -2.25. The van der Waals surface area contributed by atoms with Crippen molar-refractivity contribution in [3.05, 3.63) is 78.6 Å². The number of carbonyl (C=O) groups excluding carboxylic acids is 1. The number of hydrogen-bond donors (Lipinski definition) is 2. The maximum Gasteiger partial charge on any atom is 0.251 e. The molecule has 0 aliphatic rings. The van der Waals surface area contributed by atoms with Gasteiger partial charge < -0.3 is 15.0 Å². The highest BCUT2D eigenvalue weighted by atomic mass is 19.1. The summed E-state index contributed by atoms with van der Waals surface area (Å²) in [6.45, 7) is 1.11. The van der Waals surface area contributed by atoms with Crippen LogP contribution in [0, 0.1) is 5.82 Å². The van der Waals surface area contributed by atoms with Crippen LogP contribution in [0.1, 0.15) is 16.8 Å². The van der Waals surface area contributed by atoms with Gasteiger partial charge in [0, 0.05) is 60.1 Å². The Morgan fingerprint density at radius 3 is 2.71 bits per heavy atom. The predicted molar refractivity (Wildman–Crippen MR) is 129 cm³/mol. The number of methoxy groups -OCH3 is 1. The van der Waals surface area contributed by atoms with Gasteiger partial charge in [-0.25, -0.2) is 9.37 Å². The zero-order valence-corrected chi connectivity index (χ0v) is 18.5. The van der Waals surface area contributed by atoms with Crippen LogP contribution < -0.4 is 5.32 Å². The van der Waals surface area contributed by atoms with Gasteiger partial charge in [-0.3, -0.25) is 14.8 Å². The summed E-state index contributed by atoms with van der Waals surface area (Å²) in [4.78, 5) is 28.6. The van der Waals surface area contributed by atoms with Crippen molar-refractivity contribution in [3.8, 4) is 22.4 Å². The van der Waals surface area contributed by atoms with E-state index in [1.807, 2.05) is 18.2 Å². The largest absolute Gasteiger partial charge is 0.385 e. The molecular formula is C26H22FN5O2. The predicted octanol–water partition coefficient (Wildman–Crippen LogP) is 4.75. The maximum atomic E-state index is 15.1. The van der Waals surface area contributed by atoms with E-state index in [1.54, 1.807) is 50.0 Å². The monoisotopic (exact) mass is 455 g/mol. The first-order valence-corrected chi connectivity index (χ1v) is 10.9. The summed E-state index contributed by atoms with van der Waals surface area (Å²) in [7, 11) is 1.62. The van der Waals surface area contributed by atoms with Crippen LogP contribution in [0.5, 0.6) is 0 Å². The number of halogens is 1. The zero-order chi connectivity index (χ0) is 23.5. The van der Waals surface area contributed by atoms with Gasteiger partial charge in [-0.2, -0.15) is 0 Å². The van der Waals surface area contributed by atoms with Crippen LogP contribution in [-0.2, 0) is 4.74 Å². The second kappa shape index (κ2) is 9.36. The van der Waals surface area contributed by atoms with Gasteiger partial charge in [-0.1, -0.05) is 12.1 Å². The first kappa shape index (κ1) is 21.7. The van der Waals surface area contributed by atoms with E-state index in [1.165, 1.54) is 6.20 Å². The molecule has 0 spiro atoms. The molecule has 0 bridgehead atoms. The molecule has 0 fully saturated rings. The minimum absolute atomic E-state index is 0.178. The normalized spacial score (nSPS) is 11.2. The van der Waals surface area contributed by atoms with Gasteiger partial charge in [0.2, 0.25) is 0 Å². The van der Waals surface area contributed by atoms with E-state index in [4.69, 9.17) is 4.74 Å². The Hall–Kier alpha value is -4.17. The fourth-order valence-corrected chi connectivity index (χ4v) is 4.00. The summed E-state index contributed by atoms with van der Waals surface area (Å²) in [5.41, 5.74) is 4.51. The number of aromatic nitrogens is 4.